The lowest BCUT2D eigenvalue weighted by Gasteiger charge is -2.15. The zero-order valence-electron chi connectivity index (χ0n) is 12.2. The van der Waals surface area contributed by atoms with Gasteiger partial charge in [-0.3, -0.25) is 0 Å². The molecule has 0 heterocycles. The largest absolute Gasteiger partial charge is 0.456 e. The van der Waals surface area contributed by atoms with Crippen LogP contribution in [-0.4, -0.2) is 6.04 Å². The zero-order chi connectivity index (χ0) is 15.4. The molecule has 2 aromatic carbocycles. The van der Waals surface area contributed by atoms with Crippen molar-refractivity contribution < 1.29 is 9.13 Å². The predicted molar refractivity (Wildman–Crippen MR) is 87.3 cm³/mol. The highest BCUT2D eigenvalue weighted by Gasteiger charge is 2.11. The summed E-state index contributed by atoms with van der Waals surface area (Å²) in [5, 5.41) is 0. The number of ether oxygens (including phenoxy) is 1. The minimum atomic E-state index is -0.274. The van der Waals surface area contributed by atoms with E-state index in [1.807, 2.05) is 32.0 Å². The van der Waals surface area contributed by atoms with Crippen molar-refractivity contribution in [1.82, 2.24) is 0 Å². The molecule has 2 aromatic rings. The summed E-state index contributed by atoms with van der Waals surface area (Å²) >= 11 is 3.48. The van der Waals surface area contributed by atoms with Crippen molar-refractivity contribution in [1.29, 1.82) is 0 Å². The van der Waals surface area contributed by atoms with Crippen LogP contribution in [0.4, 0.5) is 4.39 Å². The SMILES string of the molecule is CCC(N)Cc1cc(F)ccc1Oc1ccc(C)cc1Br. The van der Waals surface area contributed by atoms with Crippen LogP contribution in [0.3, 0.4) is 0 Å². The molecule has 2 nitrogen and oxygen atoms in total. The Morgan fingerprint density at radius 2 is 1.90 bits per heavy atom. The number of hydrogen-bond donors (Lipinski definition) is 1. The molecular weight excluding hydrogens is 333 g/mol. The van der Waals surface area contributed by atoms with Gasteiger partial charge in [0.05, 0.1) is 4.47 Å². The van der Waals surface area contributed by atoms with E-state index in [-0.39, 0.29) is 11.9 Å². The van der Waals surface area contributed by atoms with Crippen molar-refractivity contribution in [2.75, 3.05) is 0 Å². The molecule has 0 aliphatic heterocycles. The Kier molecular flexibility index (Phi) is 5.37. The molecule has 21 heavy (non-hydrogen) atoms. The second-order valence-corrected chi connectivity index (χ2v) is 6.01. The van der Waals surface area contributed by atoms with E-state index in [1.165, 1.54) is 12.1 Å². The van der Waals surface area contributed by atoms with Gasteiger partial charge in [-0.1, -0.05) is 13.0 Å². The summed E-state index contributed by atoms with van der Waals surface area (Å²) in [6.45, 7) is 4.03. The standard InChI is InChI=1S/C17H19BrFNO/c1-3-14(20)10-12-9-13(19)5-7-16(12)21-17-6-4-11(2)8-15(17)18/h4-9,14H,3,10,20H2,1-2H3. The predicted octanol–water partition coefficient (Wildman–Crippen LogP) is 4.97. The smallest absolute Gasteiger partial charge is 0.141 e. The van der Waals surface area contributed by atoms with Crippen LogP contribution in [0.15, 0.2) is 40.9 Å². The summed E-state index contributed by atoms with van der Waals surface area (Å²) in [6.07, 6.45) is 1.43. The maximum absolute atomic E-state index is 13.5. The molecule has 112 valence electrons. The van der Waals surface area contributed by atoms with Gasteiger partial charge in [0.1, 0.15) is 17.3 Å². The van der Waals surface area contributed by atoms with Crippen LogP contribution in [0, 0.1) is 12.7 Å². The highest BCUT2D eigenvalue weighted by atomic mass is 79.9. The molecule has 0 fully saturated rings. The zero-order valence-corrected chi connectivity index (χ0v) is 13.8. The van der Waals surface area contributed by atoms with Crippen molar-refractivity contribution in [2.45, 2.75) is 32.7 Å². The van der Waals surface area contributed by atoms with Crippen molar-refractivity contribution >= 4 is 15.9 Å². The molecule has 0 radical (unpaired) electrons. The van der Waals surface area contributed by atoms with Gasteiger partial charge >= 0.3 is 0 Å². The van der Waals surface area contributed by atoms with E-state index < -0.39 is 0 Å². The second kappa shape index (κ2) is 7.05. The molecule has 2 N–H and O–H groups in total. The average molecular weight is 352 g/mol. The first-order valence-electron chi connectivity index (χ1n) is 6.97. The van der Waals surface area contributed by atoms with E-state index in [4.69, 9.17) is 10.5 Å². The molecule has 0 amide bonds. The van der Waals surface area contributed by atoms with Gasteiger partial charge in [0.25, 0.3) is 0 Å². The Morgan fingerprint density at radius 3 is 2.57 bits per heavy atom. The summed E-state index contributed by atoms with van der Waals surface area (Å²) in [5.74, 6) is 1.08. The van der Waals surface area contributed by atoms with Gasteiger partial charge in [-0.25, -0.2) is 4.39 Å². The lowest BCUT2D eigenvalue weighted by atomic mass is 10.0. The number of hydrogen-bond acceptors (Lipinski definition) is 2. The Hall–Kier alpha value is -1.39. The van der Waals surface area contributed by atoms with Crippen LogP contribution in [0.2, 0.25) is 0 Å². The lowest BCUT2D eigenvalue weighted by molar-refractivity contribution is 0.466. The number of rotatable bonds is 5. The van der Waals surface area contributed by atoms with E-state index in [9.17, 15) is 4.39 Å². The van der Waals surface area contributed by atoms with Gasteiger partial charge in [0.15, 0.2) is 0 Å². The molecule has 0 bridgehead atoms. The third kappa shape index (κ3) is 4.29. The van der Waals surface area contributed by atoms with Crippen molar-refractivity contribution in [2.24, 2.45) is 5.73 Å². The number of benzene rings is 2. The fourth-order valence-electron chi connectivity index (χ4n) is 2.04. The van der Waals surface area contributed by atoms with Gasteiger partial charge in [-0.2, -0.15) is 0 Å². The molecule has 0 spiro atoms. The third-order valence-corrected chi connectivity index (χ3v) is 3.96. The third-order valence-electron chi connectivity index (χ3n) is 3.34. The van der Waals surface area contributed by atoms with Crippen LogP contribution in [-0.2, 0) is 6.42 Å². The topological polar surface area (TPSA) is 35.2 Å². The minimum Gasteiger partial charge on any atom is -0.456 e. The monoisotopic (exact) mass is 351 g/mol. The number of nitrogens with two attached hydrogens (primary N) is 1. The molecule has 0 saturated carbocycles. The first-order chi connectivity index (χ1) is 9.99. The van der Waals surface area contributed by atoms with E-state index in [1.54, 1.807) is 6.07 Å². The Bertz CT molecular complexity index is 630. The highest BCUT2D eigenvalue weighted by molar-refractivity contribution is 9.10. The van der Waals surface area contributed by atoms with E-state index in [0.717, 1.165) is 22.0 Å². The Balaban J connectivity index is 2.30. The van der Waals surface area contributed by atoms with Gasteiger partial charge in [-0.15, -0.1) is 0 Å². The Labute approximate surface area is 133 Å². The summed E-state index contributed by atoms with van der Waals surface area (Å²) in [4.78, 5) is 0. The van der Waals surface area contributed by atoms with Crippen molar-refractivity contribution in [3.63, 3.8) is 0 Å². The molecule has 4 heteroatoms. The maximum atomic E-state index is 13.5. The molecular formula is C17H19BrFNO. The van der Waals surface area contributed by atoms with Crippen LogP contribution in [0.25, 0.3) is 0 Å². The van der Waals surface area contributed by atoms with Gasteiger partial charge in [0.2, 0.25) is 0 Å². The average Bonchev–Trinajstić information content (AvgIpc) is 2.44. The molecule has 0 aromatic heterocycles. The van der Waals surface area contributed by atoms with Crippen LogP contribution in [0.5, 0.6) is 11.5 Å². The number of aryl methyl sites for hydroxylation is 1. The van der Waals surface area contributed by atoms with Crippen LogP contribution < -0.4 is 10.5 Å². The molecule has 1 unspecified atom stereocenters. The summed E-state index contributed by atoms with van der Waals surface area (Å²) in [5.41, 5.74) is 7.91. The normalized spacial score (nSPS) is 12.2. The van der Waals surface area contributed by atoms with E-state index in [0.29, 0.717) is 17.9 Å². The quantitative estimate of drug-likeness (QED) is 0.825. The summed E-state index contributed by atoms with van der Waals surface area (Å²) < 4.78 is 20.3. The van der Waals surface area contributed by atoms with Gasteiger partial charge in [0, 0.05) is 6.04 Å². The first kappa shape index (κ1) is 16.0. The van der Waals surface area contributed by atoms with Crippen LogP contribution in [0.1, 0.15) is 24.5 Å². The van der Waals surface area contributed by atoms with Gasteiger partial charge in [-0.05, 0) is 77.2 Å². The molecule has 0 aliphatic carbocycles. The maximum Gasteiger partial charge on any atom is 0.141 e. The molecule has 2 rings (SSSR count). The lowest BCUT2D eigenvalue weighted by Crippen LogP contribution is -2.21. The molecule has 0 saturated heterocycles. The molecule has 0 aliphatic rings. The fraction of sp³-hybridized carbons (Fsp3) is 0.294. The molecule has 1 atom stereocenters. The summed E-state index contributed by atoms with van der Waals surface area (Å²) in [7, 11) is 0. The first-order valence-corrected chi connectivity index (χ1v) is 7.77. The number of halogens is 2. The summed E-state index contributed by atoms with van der Waals surface area (Å²) in [6, 6.07) is 10.4. The van der Waals surface area contributed by atoms with E-state index >= 15 is 0 Å². The van der Waals surface area contributed by atoms with Crippen LogP contribution >= 0.6 is 15.9 Å². The van der Waals surface area contributed by atoms with Crippen molar-refractivity contribution in [3.05, 3.63) is 57.8 Å². The van der Waals surface area contributed by atoms with Crippen molar-refractivity contribution in [3.8, 4) is 11.5 Å². The van der Waals surface area contributed by atoms with Gasteiger partial charge < -0.3 is 10.5 Å². The minimum absolute atomic E-state index is 0.00407. The second-order valence-electron chi connectivity index (χ2n) is 5.16. The Morgan fingerprint density at radius 1 is 1.19 bits per heavy atom. The highest BCUT2D eigenvalue weighted by Crippen LogP contribution is 2.33. The van der Waals surface area contributed by atoms with E-state index in [2.05, 4.69) is 15.9 Å². The fourth-order valence-corrected chi connectivity index (χ4v) is 2.62.